The SMILES string of the molecule is C=CC(=O)Nc1cc(-c2cnc3[nH]cc(-c4ccnc(OC)c4)c3c2)cc(N2CCCC2)c1. The molecule has 4 heterocycles. The number of aromatic amines is 1. The summed E-state index contributed by atoms with van der Waals surface area (Å²) >= 11 is 0. The lowest BCUT2D eigenvalue weighted by Crippen LogP contribution is -2.18. The van der Waals surface area contributed by atoms with Crippen molar-refractivity contribution >= 4 is 28.3 Å². The molecule has 3 aromatic heterocycles. The number of nitrogens with zero attached hydrogens (tertiary/aromatic N) is 3. The maximum absolute atomic E-state index is 12.0. The molecule has 0 atom stereocenters. The molecule has 0 radical (unpaired) electrons. The molecular weight excluding hydrogens is 414 g/mol. The lowest BCUT2D eigenvalue weighted by molar-refractivity contribution is -0.111. The van der Waals surface area contributed by atoms with E-state index in [0.717, 1.165) is 57.8 Å². The highest BCUT2D eigenvalue weighted by Crippen LogP contribution is 2.35. The van der Waals surface area contributed by atoms with Gasteiger partial charge in [-0.05, 0) is 60.4 Å². The molecule has 0 bridgehead atoms. The molecule has 0 spiro atoms. The first-order chi connectivity index (χ1) is 16.1. The standard InChI is InChI=1S/C26H25N5O2/c1-3-24(32)30-20-10-18(11-21(14-20)31-8-4-5-9-31)19-12-22-23(16-29-26(22)28-15-19)17-6-7-27-25(13-17)33-2/h3,6-7,10-16H,1,4-5,8-9H2,2H3,(H,28,29)(H,30,32). The number of benzene rings is 1. The maximum atomic E-state index is 12.0. The van der Waals surface area contributed by atoms with Gasteiger partial charge in [-0.15, -0.1) is 0 Å². The van der Waals surface area contributed by atoms with Crippen molar-refractivity contribution in [3.8, 4) is 28.1 Å². The summed E-state index contributed by atoms with van der Waals surface area (Å²) in [6.07, 6.45) is 9.18. The maximum Gasteiger partial charge on any atom is 0.247 e. The van der Waals surface area contributed by atoms with Crippen molar-refractivity contribution in [3.63, 3.8) is 0 Å². The van der Waals surface area contributed by atoms with Gasteiger partial charge in [0.25, 0.3) is 0 Å². The fourth-order valence-electron chi connectivity index (χ4n) is 4.29. The van der Waals surface area contributed by atoms with Crippen LogP contribution in [0.15, 0.2) is 67.6 Å². The number of carbonyl (C=O) groups excluding carboxylic acids is 1. The second-order valence-electron chi connectivity index (χ2n) is 8.07. The summed E-state index contributed by atoms with van der Waals surface area (Å²) in [6, 6.07) is 12.2. The van der Waals surface area contributed by atoms with Crippen molar-refractivity contribution in [3.05, 3.63) is 67.6 Å². The summed E-state index contributed by atoms with van der Waals surface area (Å²) in [5.74, 6) is 0.333. The van der Waals surface area contributed by atoms with E-state index >= 15 is 0 Å². The Hall–Kier alpha value is -4.13. The molecule has 1 amide bonds. The summed E-state index contributed by atoms with van der Waals surface area (Å²) in [5, 5.41) is 3.92. The minimum Gasteiger partial charge on any atom is -0.481 e. The first kappa shape index (κ1) is 20.8. The van der Waals surface area contributed by atoms with Crippen LogP contribution in [-0.4, -0.2) is 41.1 Å². The molecule has 1 saturated heterocycles. The van der Waals surface area contributed by atoms with Gasteiger partial charge in [-0.3, -0.25) is 4.79 Å². The summed E-state index contributed by atoms with van der Waals surface area (Å²) in [5.41, 5.74) is 6.63. The van der Waals surface area contributed by atoms with Gasteiger partial charge in [0.1, 0.15) is 5.65 Å². The van der Waals surface area contributed by atoms with Crippen LogP contribution in [0, 0.1) is 0 Å². The lowest BCUT2D eigenvalue weighted by Gasteiger charge is -2.20. The van der Waals surface area contributed by atoms with Crippen LogP contribution in [-0.2, 0) is 4.79 Å². The van der Waals surface area contributed by atoms with Gasteiger partial charge < -0.3 is 19.9 Å². The minimum absolute atomic E-state index is 0.229. The van der Waals surface area contributed by atoms with Gasteiger partial charge >= 0.3 is 0 Å². The van der Waals surface area contributed by atoms with E-state index in [9.17, 15) is 4.79 Å². The van der Waals surface area contributed by atoms with Gasteiger partial charge in [-0.2, -0.15) is 0 Å². The molecule has 1 aliphatic rings. The van der Waals surface area contributed by atoms with E-state index in [1.54, 1.807) is 13.3 Å². The van der Waals surface area contributed by atoms with Crippen LogP contribution in [0.25, 0.3) is 33.3 Å². The monoisotopic (exact) mass is 439 g/mol. The van der Waals surface area contributed by atoms with Crippen molar-refractivity contribution in [1.82, 2.24) is 15.0 Å². The Labute approximate surface area is 192 Å². The zero-order valence-electron chi connectivity index (χ0n) is 18.5. The fraction of sp³-hybridized carbons (Fsp3) is 0.192. The lowest BCUT2D eigenvalue weighted by atomic mass is 10.0. The minimum atomic E-state index is -0.229. The zero-order chi connectivity index (χ0) is 22.8. The van der Waals surface area contributed by atoms with Crippen LogP contribution in [0.2, 0.25) is 0 Å². The van der Waals surface area contributed by atoms with Crippen LogP contribution in [0.5, 0.6) is 5.88 Å². The number of carbonyl (C=O) groups is 1. The van der Waals surface area contributed by atoms with Gasteiger partial charge in [0.05, 0.1) is 7.11 Å². The van der Waals surface area contributed by atoms with E-state index in [1.165, 1.54) is 18.9 Å². The van der Waals surface area contributed by atoms with E-state index in [4.69, 9.17) is 4.74 Å². The zero-order valence-corrected chi connectivity index (χ0v) is 18.5. The predicted molar refractivity (Wildman–Crippen MR) is 132 cm³/mol. The molecule has 0 unspecified atom stereocenters. The molecule has 0 aliphatic carbocycles. The number of hydrogen-bond acceptors (Lipinski definition) is 5. The highest BCUT2D eigenvalue weighted by molar-refractivity contribution is 6.00. The molecule has 33 heavy (non-hydrogen) atoms. The number of hydrogen-bond donors (Lipinski definition) is 2. The molecule has 1 aromatic carbocycles. The van der Waals surface area contributed by atoms with Crippen molar-refractivity contribution in [2.45, 2.75) is 12.8 Å². The average molecular weight is 440 g/mol. The molecular formula is C26H25N5O2. The highest BCUT2D eigenvalue weighted by atomic mass is 16.5. The quantitative estimate of drug-likeness (QED) is 0.412. The second kappa shape index (κ2) is 8.78. The van der Waals surface area contributed by atoms with Crippen LogP contribution >= 0.6 is 0 Å². The number of H-pyrrole nitrogens is 1. The smallest absolute Gasteiger partial charge is 0.247 e. The average Bonchev–Trinajstić information content (AvgIpc) is 3.54. The number of rotatable bonds is 6. The third-order valence-corrected chi connectivity index (χ3v) is 5.96. The van der Waals surface area contributed by atoms with Crippen molar-refractivity contribution in [2.75, 3.05) is 30.4 Å². The van der Waals surface area contributed by atoms with Gasteiger partial charge in [-0.1, -0.05) is 6.58 Å². The largest absolute Gasteiger partial charge is 0.481 e. The Morgan fingerprint density at radius 2 is 1.97 bits per heavy atom. The number of anilines is 2. The number of fused-ring (bicyclic) bond motifs is 1. The van der Waals surface area contributed by atoms with E-state index < -0.39 is 0 Å². The van der Waals surface area contributed by atoms with Gasteiger partial charge in [0.15, 0.2) is 0 Å². The third-order valence-electron chi connectivity index (χ3n) is 5.96. The molecule has 7 heteroatoms. The van der Waals surface area contributed by atoms with Crippen LogP contribution in [0.4, 0.5) is 11.4 Å². The van der Waals surface area contributed by atoms with Crippen LogP contribution in [0.3, 0.4) is 0 Å². The Morgan fingerprint density at radius 1 is 1.12 bits per heavy atom. The molecule has 1 fully saturated rings. The van der Waals surface area contributed by atoms with Gasteiger partial charge in [-0.25, -0.2) is 9.97 Å². The van der Waals surface area contributed by atoms with Crippen LogP contribution < -0.4 is 15.0 Å². The molecule has 166 valence electrons. The van der Waals surface area contributed by atoms with E-state index in [2.05, 4.69) is 43.9 Å². The number of aromatic nitrogens is 3. The second-order valence-corrected chi connectivity index (χ2v) is 8.07. The molecule has 0 saturated carbocycles. The van der Waals surface area contributed by atoms with E-state index in [-0.39, 0.29) is 5.91 Å². The molecule has 1 aliphatic heterocycles. The number of pyridine rings is 2. The first-order valence-electron chi connectivity index (χ1n) is 11.0. The first-order valence-corrected chi connectivity index (χ1v) is 11.0. The van der Waals surface area contributed by atoms with Crippen LogP contribution in [0.1, 0.15) is 12.8 Å². The summed E-state index contributed by atoms with van der Waals surface area (Å²) in [4.78, 5) is 26.5. The summed E-state index contributed by atoms with van der Waals surface area (Å²) in [6.45, 7) is 5.60. The van der Waals surface area contributed by atoms with E-state index in [1.807, 2.05) is 36.7 Å². The highest BCUT2D eigenvalue weighted by Gasteiger charge is 2.16. The number of amides is 1. The van der Waals surface area contributed by atoms with Gasteiger partial charge in [0, 0.05) is 65.6 Å². The van der Waals surface area contributed by atoms with E-state index in [0.29, 0.717) is 5.88 Å². The molecule has 7 nitrogen and oxygen atoms in total. The normalized spacial score (nSPS) is 13.3. The molecule has 4 aromatic rings. The predicted octanol–water partition coefficient (Wildman–Crippen LogP) is 5.03. The number of nitrogens with one attached hydrogen (secondary N) is 2. The van der Waals surface area contributed by atoms with Crippen molar-refractivity contribution in [1.29, 1.82) is 0 Å². The number of ether oxygens (including phenoxy) is 1. The Bertz CT molecular complexity index is 1340. The topological polar surface area (TPSA) is 83.1 Å². The Balaban J connectivity index is 1.60. The fourth-order valence-corrected chi connectivity index (χ4v) is 4.29. The Morgan fingerprint density at radius 3 is 2.76 bits per heavy atom. The number of methoxy groups -OCH3 is 1. The van der Waals surface area contributed by atoms with Crippen molar-refractivity contribution < 1.29 is 9.53 Å². The summed E-state index contributed by atoms with van der Waals surface area (Å²) < 4.78 is 5.29. The molecule has 5 rings (SSSR count). The molecule has 2 N–H and O–H groups in total. The Kier molecular flexibility index (Phi) is 5.52. The van der Waals surface area contributed by atoms with Crippen molar-refractivity contribution in [2.24, 2.45) is 0 Å². The summed E-state index contributed by atoms with van der Waals surface area (Å²) in [7, 11) is 1.61. The van der Waals surface area contributed by atoms with Gasteiger partial charge in [0.2, 0.25) is 11.8 Å². The third kappa shape index (κ3) is 4.17.